The lowest BCUT2D eigenvalue weighted by Crippen LogP contribution is -2.51. The average molecular weight is 530 g/mol. The summed E-state index contributed by atoms with van der Waals surface area (Å²) >= 11 is 6.51. The summed E-state index contributed by atoms with van der Waals surface area (Å²) in [5, 5.41) is 14.1. The van der Waals surface area contributed by atoms with E-state index >= 15 is 0 Å². The number of hydrogen-bond acceptors (Lipinski definition) is 4. The number of aliphatic hydroxyl groups is 1. The van der Waals surface area contributed by atoms with E-state index in [1.165, 1.54) is 5.56 Å². The highest BCUT2D eigenvalue weighted by molar-refractivity contribution is 6.37. The van der Waals surface area contributed by atoms with Crippen molar-refractivity contribution >= 4 is 40.9 Å². The Labute approximate surface area is 226 Å². The number of halogens is 2. The molecule has 4 nitrogen and oxygen atoms in total. The summed E-state index contributed by atoms with van der Waals surface area (Å²) in [4.78, 5) is 4.98. The first kappa shape index (κ1) is 28.5. The highest BCUT2D eigenvalue weighted by Gasteiger charge is 2.29. The molecular formula is C30H38Cl2N2O2. The monoisotopic (exact) mass is 528 g/mol. The fourth-order valence-corrected chi connectivity index (χ4v) is 5.30. The van der Waals surface area contributed by atoms with Crippen molar-refractivity contribution in [1.82, 2.24) is 9.80 Å². The third-order valence-electron chi connectivity index (χ3n) is 7.07. The molecule has 0 aromatic heterocycles. The zero-order chi connectivity index (χ0) is 24.6. The Balaban J connectivity index is 0.00000361. The molecule has 0 amide bonds. The summed E-state index contributed by atoms with van der Waals surface area (Å²) in [7, 11) is 1.63. The van der Waals surface area contributed by atoms with Crippen molar-refractivity contribution in [3.63, 3.8) is 0 Å². The molecule has 4 rings (SSSR count). The summed E-state index contributed by atoms with van der Waals surface area (Å²) in [6.45, 7) is 7.15. The van der Waals surface area contributed by atoms with E-state index in [0.717, 1.165) is 68.3 Å². The second-order valence-corrected chi connectivity index (χ2v) is 9.74. The standard InChI is InChI=1S/C30H37ClN2O2.ClH/c1-3-4-12-27(30(34)25-13-15-26-24(22-25)14-16-28(35-2)29(26)31)33-20-18-32(19-21-33)17-8-11-23-9-6-5-7-10-23;/h5-11,13-16,22,27,30,34H,3-4,12,17-21H2,1-2H3;1H. The number of benzene rings is 3. The lowest BCUT2D eigenvalue weighted by atomic mass is 9.94. The number of nitrogens with zero attached hydrogens (tertiary/aromatic N) is 2. The van der Waals surface area contributed by atoms with Crippen LogP contribution in [0.25, 0.3) is 16.8 Å². The number of fused-ring (bicyclic) bond motifs is 1. The first-order valence-electron chi connectivity index (χ1n) is 12.7. The molecule has 1 fully saturated rings. The van der Waals surface area contributed by atoms with Crippen molar-refractivity contribution in [2.24, 2.45) is 0 Å². The van der Waals surface area contributed by atoms with Crippen molar-refractivity contribution in [3.8, 4) is 5.75 Å². The lowest BCUT2D eigenvalue weighted by molar-refractivity contribution is 0.0150. The molecule has 3 aromatic carbocycles. The Morgan fingerprint density at radius 2 is 1.78 bits per heavy atom. The topological polar surface area (TPSA) is 35.9 Å². The van der Waals surface area contributed by atoms with Gasteiger partial charge in [-0.3, -0.25) is 9.80 Å². The predicted octanol–water partition coefficient (Wildman–Crippen LogP) is 6.85. The van der Waals surface area contributed by atoms with E-state index in [9.17, 15) is 5.11 Å². The molecule has 0 spiro atoms. The summed E-state index contributed by atoms with van der Waals surface area (Å²) < 4.78 is 5.35. The number of unbranched alkanes of at least 4 members (excludes halogenated alkanes) is 1. The maximum absolute atomic E-state index is 11.5. The van der Waals surface area contributed by atoms with Crippen molar-refractivity contribution in [3.05, 3.63) is 82.9 Å². The fourth-order valence-electron chi connectivity index (χ4n) is 4.99. The van der Waals surface area contributed by atoms with Crippen LogP contribution in [0.5, 0.6) is 5.75 Å². The number of rotatable bonds is 10. The smallest absolute Gasteiger partial charge is 0.138 e. The van der Waals surface area contributed by atoms with Crippen LogP contribution in [0.4, 0.5) is 0 Å². The highest BCUT2D eigenvalue weighted by Crippen LogP contribution is 2.35. The van der Waals surface area contributed by atoms with Crippen LogP contribution in [0.3, 0.4) is 0 Å². The zero-order valence-electron chi connectivity index (χ0n) is 21.3. The maximum Gasteiger partial charge on any atom is 0.138 e. The Morgan fingerprint density at radius 3 is 2.47 bits per heavy atom. The van der Waals surface area contributed by atoms with Crippen LogP contribution in [0.1, 0.15) is 43.4 Å². The van der Waals surface area contributed by atoms with E-state index in [4.69, 9.17) is 16.3 Å². The SMILES string of the molecule is CCCCC(C(O)c1ccc2c(Cl)c(OC)ccc2c1)N1CCN(CC=Cc2ccccc2)CC1.Cl. The van der Waals surface area contributed by atoms with E-state index in [-0.39, 0.29) is 18.4 Å². The second-order valence-electron chi connectivity index (χ2n) is 9.37. The van der Waals surface area contributed by atoms with Crippen molar-refractivity contribution in [1.29, 1.82) is 0 Å². The van der Waals surface area contributed by atoms with Crippen LogP contribution < -0.4 is 4.74 Å². The van der Waals surface area contributed by atoms with E-state index in [1.54, 1.807) is 7.11 Å². The minimum absolute atomic E-state index is 0. The van der Waals surface area contributed by atoms with Gasteiger partial charge in [0.15, 0.2) is 0 Å². The van der Waals surface area contributed by atoms with E-state index < -0.39 is 6.10 Å². The summed E-state index contributed by atoms with van der Waals surface area (Å²) in [6.07, 6.45) is 7.15. The summed E-state index contributed by atoms with van der Waals surface area (Å²) in [6, 6.07) is 20.6. The van der Waals surface area contributed by atoms with Gasteiger partial charge in [0.1, 0.15) is 5.75 Å². The molecule has 1 aliphatic rings. The molecule has 0 saturated carbocycles. The Hall–Kier alpha value is -2.08. The van der Waals surface area contributed by atoms with Gasteiger partial charge in [-0.15, -0.1) is 12.4 Å². The third kappa shape index (κ3) is 7.02. The van der Waals surface area contributed by atoms with Crippen LogP contribution >= 0.6 is 24.0 Å². The Bertz CT molecular complexity index is 1110. The largest absolute Gasteiger partial charge is 0.495 e. The Morgan fingerprint density at radius 1 is 1.03 bits per heavy atom. The highest BCUT2D eigenvalue weighted by atomic mass is 35.5. The zero-order valence-corrected chi connectivity index (χ0v) is 22.8. The van der Waals surface area contributed by atoms with Crippen LogP contribution in [-0.2, 0) is 0 Å². The molecule has 1 N–H and O–H groups in total. The molecule has 6 heteroatoms. The quantitative estimate of drug-likeness (QED) is 0.312. The van der Waals surface area contributed by atoms with Gasteiger partial charge in [0.2, 0.25) is 0 Å². The third-order valence-corrected chi connectivity index (χ3v) is 7.46. The number of methoxy groups -OCH3 is 1. The molecule has 1 saturated heterocycles. The number of hydrogen-bond donors (Lipinski definition) is 1. The molecule has 1 heterocycles. The molecule has 2 atom stereocenters. The van der Waals surface area contributed by atoms with Gasteiger partial charge in [0.25, 0.3) is 0 Å². The van der Waals surface area contributed by atoms with Gasteiger partial charge in [-0.1, -0.05) is 92.0 Å². The van der Waals surface area contributed by atoms with Gasteiger partial charge in [-0.25, -0.2) is 0 Å². The van der Waals surface area contributed by atoms with Gasteiger partial charge < -0.3 is 9.84 Å². The minimum atomic E-state index is -0.531. The first-order chi connectivity index (χ1) is 17.1. The molecule has 0 aliphatic carbocycles. The van der Waals surface area contributed by atoms with E-state index in [2.05, 4.69) is 59.2 Å². The molecule has 0 bridgehead atoms. The van der Waals surface area contributed by atoms with E-state index in [1.807, 2.05) is 30.3 Å². The summed E-state index contributed by atoms with van der Waals surface area (Å²) in [5.74, 6) is 0.671. The molecule has 1 aliphatic heterocycles. The number of aliphatic hydroxyl groups excluding tert-OH is 1. The van der Waals surface area contributed by atoms with Crippen molar-refractivity contribution in [2.75, 3.05) is 39.8 Å². The van der Waals surface area contributed by atoms with Crippen LogP contribution in [-0.4, -0.2) is 60.8 Å². The maximum atomic E-state index is 11.5. The van der Waals surface area contributed by atoms with Gasteiger partial charge in [0, 0.05) is 44.2 Å². The fraction of sp³-hybridized carbons (Fsp3) is 0.400. The molecule has 0 radical (unpaired) electrons. The number of ether oxygens (including phenoxy) is 1. The van der Waals surface area contributed by atoms with E-state index in [0.29, 0.717) is 10.8 Å². The lowest BCUT2D eigenvalue weighted by Gasteiger charge is -2.41. The molecule has 3 aromatic rings. The van der Waals surface area contributed by atoms with Crippen LogP contribution in [0.2, 0.25) is 5.02 Å². The average Bonchev–Trinajstić information content (AvgIpc) is 2.90. The normalized spacial score (nSPS) is 16.7. The van der Waals surface area contributed by atoms with Crippen LogP contribution in [0.15, 0.2) is 66.7 Å². The van der Waals surface area contributed by atoms with Gasteiger partial charge in [0.05, 0.1) is 18.2 Å². The molecule has 36 heavy (non-hydrogen) atoms. The predicted molar refractivity (Wildman–Crippen MR) is 155 cm³/mol. The minimum Gasteiger partial charge on any atom is -0.495 e. The number of piperazine rings is 1. The molecule has 194 valence electrons. The van der Waals surface area contributed by atoms with Crippen molar-refractivity contribution in [2.45, 2.75) is 38.3 Å². The van der Waals surface area contributed by atoms with Gasteiger partial charge in [-0.2, -0.15) is 0 Å². The second kappa shape index (κ2) is 14.0. The summed E-state index contributed by atoms with van der Waals surface area (Å²) in [5.41, 5.74) is 2.19. The molecule has 2 unspecified atom stereocenters. The Kier molecular flexibility index (Phi) is 11.1. The first-order valence-corrected chi connectivity index (χ1v) is 13.1. The van der Waals surface area contributed by atoms with Crippen LogP contribution in [0, 0.1) is 0 Å². The molecular weight excluding hydrogens is 491 g/mol. The van der Waals surface area contributed by atoms with Gasteiger partial charge in [-0.05, 0) is 35.1 Å². The van der Waals surface area contributed by atoms with Gasteiger partial charge >= 0.3 is 0 Å². The van der Waals surface area contributed by atoms with Crippen molar-refractivity contribution < 1.29 is 9.84 Å².